The van der Waals surface area contributed by atoms with E-state index in [1.54, 1.807) is 25.1 Å². The van der Waals surface area contributed by atoms with E-state index in [9.17, 15) is 19.8 Å². The highest BCUT2D eigenvalue weighted by Crippen LogP contribution is 2.43. The molecule has 2 aromatic carbocycles. The Balaban J connectivity index is 1.88. The Kier molecular flexibility index (Phi) is 5.61. The van der Waals surface area contributed by atoms with Crippen molar-refractivity contribution in [2.75, 3.05) is 11.5 Å². The summed E-state index contributed by atoms with van der Waals surface area (Å²) >= 11 is 0. The number of hydrogen-bond donors (Lipinski definition) is 3. The molecule has 166 valence electrons. The maximum absolute atomic E-state index is 13.2. The molecule has 0 bridgehead atoms. The molecule has 1 amide bonds. The van der Waals surface area contributed by atoms with E-state index in [1.807, 2.05) is 32.0 Å². The van der Waals surface area contributed by atoms with Gasteiger partial charge in [0.25, 0.3) is 5.91 Å². The summed E-state index contributed by atoms with van der Waals surface area (Å²) in [5.74, 6) is -1.20. The summed E-state index contributed by atoms with van der Waals surface area (Å²) in [6.07, 6.45) is 0.174. The van der Waals surface area contributed by atoms with Gasteiger partial charge < -0.3 is 19.9 Å². The molecule has 1 unspecified atom stereocenters. The highest BCUT2D eigenvalue weighted by molar-refractivity contribution is 6.16. The molecule has 4 rings (SSSR count). The van der Waals surface area contributed by atoms with E-state index in [4.69, 9.17) is 4.74 Å². The fraction of sp³-hybridized carbons (Fsp3) is 0.292. The number of H-pyrrole nitrogens is 1. The second-order valence-electron chi connectivity index (χ2n) is 8.10. The summed E-state index contributed by atoms with van der Waals surface area (Å²) in [6, 6.07) is 11.0. The average molecular weight is 435 g/mol. The lowest BCUT2D eigenvalue weighted by Crippen LogP contribution is -2.32. The molecular weight excluding hydrogens is 410 g/mol. The molecular formula is C24H25N3O5. The normalized spacial score (nSPS) is 16.4. The predicted molar refractivity (Wildman–Crippen MR) is 120 cm³/mol. The van der Waals surface area contributed by atoms with Crippen molar-refractivity contribution in [2.24, 2.45) is 5.92 Å². The number of nitrogens with one attached hydrogen (secondary N) is 1. The molecule has 0 saturated heterocycles. The third-order valence-electron chi connectivity index (χ3n) is 5.31. The number of phenols is 1. The molecule has 1 aliphatic rings. The largest absolute Gasteiger partial charge is 0.504 e. The Morgan fingerprint density at radius 3 is 2.66 bits per heavy atom. The number of nitrogens with zero attached hydrogens (tertiary/aromatic N) is 2. The van der Waals surface area contributed by atoms with Crippen LogP contribution < -0.4 is 9.64 Å². The molecule has 3 aromatic rings. The van der Waals surface area contributed by atoms with Gasteiger partial charge in [-0.25, -0.2) is 4.98 Å². The number of ketones is 1. The van der Waals surface area contributed by atoms with Crippen LogP contribution >= 0.6 is 0 Å². The van der Waals surface area contributed by atoms with E-state index >= 15 is 0 Å². The van der Waals surface area contributed by atoms with Gasteiger partial charge >= 0.3 is 0 Å². The summed E-state index contributed by atoms with van der Waals surface area (Å²) in [7, 11) is 0. The van der Waals surface area contributed by atoms with E-state index in [2.05, 4.69) is 9.97 Å². The van der Waals surface area contributed by atoms with Crippen LogP contribution in [0.3, 0.4) is 0 Å². The van der Waals surface area contributed by atoms with Crippen LogP contribution in [0.25, 0.3) is 11.0 Å². The Morgan fingerprint density at radius 2 is 1.97 bits per heavy atom. The Morgan fingerprint density at radius 1 is 1.22 bits per heavy atom. The fourth-order valence-electron chi connectivity index (χ4n) is 3.93. The second kappa shape index (κ2) is 8.37. The predicted octanol–water partition coefficient (Wildman–Crippen LogP) is 4.18. The monoisotopic (exact) mass is 435 g/mol. The minimum atomic E-state index is -0.922. The average Bonchev–Trinajstić information content (AvgIpc) is 3.28. The zero-order chi connectivity index (χ0) is 23.0. The Bertz CT molecular complexity index is 1190. The van der Waals surface area contributed by atoms with E-state index in [1.165, 1.54) is 11.0 Å². The number of fused-ring (bicyclic) bond motifs is 1. The van der Waals surface area contributed by atoms with Crippen molar-refractivity contribution in [1.29, 1.82) is 0 Å². The molecule has 0 aliphatic carbocycles. The van der Waals surface area contributed by atoms with E-state index in [0.29, 0.717) is 17.7 Å². The molecule has 2 heterocycles. The van der Waals surface area contributed by atoms with Crippen molar-refractivity contribution in [2.45, 2.75) is 33.2 Å². The van der Waals surface area contributed by atoms with E-state index < -0.39 is 17.7 Å². The van der Waals surface area contributed by atoms with Gasteiger partial charge in [-0.2, -0.15) is 0 Å². The number of benzene rings is 2. The van der Waals surface area contributed by atoms with Gasteiger partial charge in [0, 0.05) is 6.42 Å². The number of aliphatic hydroxyl groups is 1. The van der Waals surface area contributed by atoms with Crippen LogP contribution in [0.5, 0.6) is 11.5 Å². The lowest BCUT2D eigenvalue weighted by atomic mass is 9.92. The van der Waals surface area contributed by atoms with Crippen LogP contribution in [0.4, 0.5) is 5.95 Å². The van der Waals surface area contributed by atoms with Crippen LogP contribution in [-0.4, -0.2) is 38.5 Å². The number of anilines is 1. The lowest BCUT2D eigenvalue weighted by molar-refractivity contribution is -0.118. The molecule has 1 atom stereocenters. The van der Waals surface area contributed by atoms with Gasteiger partial charge in [0.15, 0.2) is 23.0 Å². The molecule has 1 aliphatic heterocycles. The number of amides is 1. The lowest BCUT2D eigenvalue weighted by Gasteiger charge is -2.25. The zero-order valence-electron chi connectivity index (χ0n) is 18.1. The minimum absolute atomic E-state index is 0.0114. The smallest absolute Gasteiger partial charge is 0.296 e. The summed E-state index contributed by atoms with van der Waals surface area (Å²) < 4.78 is 5.50. The molecule has 0 radical (unpaired) electrons. The van der Waals surface area contributed by atoms with Crippen LogP contribution in [0.2, 0.25) is 0 Å². The van der Waals surface area contributed by atoms with E-state index in [-0.39, 0.29) is 41.1 Å². The molecule has 8 heteroatoms. The van der Waals surface area contributed by atoms with Gasteiger partial charge in [0.2, 0.25) is 5.95 Å². The first-order valence-corrected chi connectivity index (χ1v) is 10.5. The Hall–Kier alpha value is -3.81. The minimum Gasteiger partial charge on any atom is -0.504 e. The van der Waals surface area contributed by atoms with Crippen molar-refractivity contribution < 1.29 is 24.5 Å². The van der Waals surface area contributed by atoms with E-state index in [0.717, 1.165) is 5.52 Å². The number of aromatic amines is 1. The highest BCUT2D eigenvalue weighted by Gasteiger charge is 2.45. The zero-order valence-corrected chi connectivity index (χ0v) is 18.1. The first kappa shape index (κ1) is 21.4. The quantitative estimate of drug-likeness (QED) is 0.513. The van der Waals surface area contributed by atoms with Gasteiger partial charge in [-0.15, -0.1) is 0 Å². The number of rotatable bonds is 7. The van der Waals surface area contributed by atoms with Crippen LogP contribution in [0.1, 0.15) is 38.8 Å². The molecule has 0 spiro atoms. The van der Waals surface area contributed by atoms with Gasteiger partial charge in [-0.3, -0.25) is 14.5 Å². The number of aromatic hydroxyl groups is 1. The molecule has 0 saturated carbocycles. The number of ether oxygens (including phenoxy) is 1. The van der Waals surface area contributed by atoms with Crippen molar-refractivity contribution in [3.05, 3.63) is 59.4 Å². The van der Waals surface area contributed by atoms with Gasteiger partial charge in [-0.1, -0.05) is 32.0 Å². The standard InChI is InChI=1S/C24H25N3O5/c1-4-32-19-12-14(9-10-17(19)28)21-20(18(29)11-13(2)3)22(30)23(31)27(21)24-25-15-7-5-6-8-16(15)26-24/h5-10,12-13,21,28,30H,4,11H2,1-3H3,(H,25,26). The summed E-state index contributed by atoms with van der Waals surface area (Å²) in [5, 5.41) is 20.9. The van der Waals surface area contributed by atoms with Crippen molar-refractivity contribution in [1.82, 2.24) is 9.97 Å². The molecule has 3 N–H and O–H groups in total. The van der Waals surface area contributed by atoms with Crippen molar-refractivity contribution >= 4 is 28.7 Å². The number of aliphatic hydroxyl groups excluding tert-OH is 1. The maximum atomic E-state index is 13.2. The SMILES string of the molecule is CCOc1cc(C2C(C(=O)CC(C)C)=C(O)C(=O)N2c2nc3ccccc3[nH]2)ccc1O. The number of hydrogen-bond acceptors (Lipinski definition) is 6. The summed E-state index contributed by atoms with van der Waals surface area (Å²) in [6.45, 7) is 5.90. The van der Waals surface area contributed by atoms with Crippen LogP contribution in [-0.2, 0) is 9.59 Å². The third-order valence-corrected chi connectivity index (χ3v) is 5.31. The number of para-hydroxylation sites is 2. The maximum Gasteiger partial charge on any atom is 0.296 e. The fourth-order valence-corrected chi connectivity index (χ4v) is 3.93. The molecule has 1 aromatic heterocycles. The van der Waals surface area contributed by atoms with Gasteiger partial charge in [0.1, 0.15) is 0 Å². The first-order chi connectivity index (χ1) is 15.3. The number of imidazole rings is 1. The number of aromatic nitrogens is 2. The number of carbonyl (C=O) groups excluding carboxylic acids is 2. The van der Waals surface area contributed by atoms with Crippen molar-refractivity contribution in [3.8, 4) is 11.5 Å². The number of carbonyl (C=O) groups is 2. The summed E-state index contributed by atoms with van der Waals surface area (Å²) in [5.41, 5.74) is 1.89. The molecule has 8 nitrogen and oxygen atoms in total. The number of phenolic OH excluding ortho intramolecular Hbond substituents is 1. The number of Topliss-reactive ketones (excluding diaryl/α,β-unsaturated/α-hetero) is 1. The van der Waals surface area contributed by atoms with Crippen LogP contribution in [0.15, 0.2) is 53.8 Å². The summed E-state index contributed by atoms with van der Waals surface area (Å²) in [4.78, 5) is 35.2. The topological polar surface area (TPSA) is 116 Å². The first-order valence-electron chi connectivity index (χ1n) is 10.5. The molecule has 32 heavy (non-hydrogen) atoms. The Labute approximate surface area is 185 Å². The van der Waals surface area contributed by atoms with Gasteiger partial charge in [0.05, 0.1) is 29.3 Å². The van der Waals surface area contributed by atoms with Crippen molar-refractivity contribution in [3.63, 3.8) is 0 Å². The highest BCUT2D eigenvalue weighted by atomic mass is 16.5. The van der Waals surface area contributed by atoms with Crippen LogP contribution in [0, 0.1) is 5.92 Å². The molecule has 0 fully saturated rings. The van der Waals surface area contributed by atoms with Gasteiger partial charge in [-0.05, 0) is 42.7 Å². The second-order valence-corrected chi connectivity index (χ2v) is 8.10. The third kappa shape index (κ3) is 3.68.